The number of fused-ring (bicyclic) bond motifs is 1. The predicted molar refractivity (Wildman–Crippen MR) is 111 cm³/mol. The van der Waals surface area contributed by atoms with Crippen LogP contribution in [0, 0.1) is 0 Å². The van der Waals surface area contributed by atoms with Crippen LogP contribution in [-0.2, 0) is 9.63 Å². The highest BCUT2D eigenvalue weighted by molar-refractivity contribution is 9.18. The SMILES string of the molecule is O=C1CN=C(c2ccccc2)c2ccccc2N1CCCC1CC(Br)=NO1. The Bertz CT molecular complexity index is 895. The molecule has 0 radical (unpaired) electrons. The fourth-order valence-corrected chi connectivity index (χ4v) is 3.92. The predicted octanol–water partition coefficient (Wildman–Crippen LogP) is 4.15. The quantitative estimate of drug-likeness (QED) is 0.722. The van der Waals surface area contributed by atoms with Crippen molar-refractivity contribution in [1.82, 2.24) is 0 Å². The highest BCUT2D eigenvalue weighted by atomic mass is 79.9. The second-order valence-corrected chi connectivity index (χ2v) is 7.55. The van der Waals surface area contributed by atoms with Gasteiger partial charge >= 0.3 is 0 Å². The van der Waals surface area contributed by atoms with Crippen molar-refractivity contribution in [1.29, 1.82) is 0 Å². The monoisotopic (exact) mass is 425 g/mol. The molecule has 0 fully saturated rings. The van der Waals surface area contributed by atoms with Gasteiger partial charge in [-0.3, -0.25) is 9.79 Å². The number of benzodiazepines with no additional fused rings is 1. The van der Waals surface area contributed by atoms with Crippen molar-refractivity contribution in [2.24, 2.45) is 10.1 Å². The number of carbonyl (C=O) groups is 1. The van der Waals surface area contributed by atoms with E-state index in [1.54, 1.807) is 0 Å². The number of rotatable bonds is 5. The van der Waals surface area contributed by atoms with Crippen molar-refractivity contribution < 1.29 is 9.63 Å². The normalized spacial score (nSPS) is 19.1. The Labute approximate surface area is 166 Å². The molecule has 1 atom stereocenters. The van der Waals surface area contributed by atoms with E-state index in [1.807, 2.05) is 59.5 Å². The van der Waals surface area contributed by atoms with Crippen LogP contribution in [0.2, 0.25) is 0 Å². The largest absolute Gasteiger partial charge is 0.391 e. The first kappa shape index (κ1) is 17.9. The van der Waals surface area contributed by atoms with Crippen molar-refractivity contribution in [2.45, 2.75) is 25.4 Å². The van der Waals surface area contributed by atoms with Crippen LogP contribution in [0.15, 0.2) is 64.7 Å². The number of benzene rings is 2. The molecule has 0 aliphatic carbocycles. The summed E-state index contributed by atoms with van der Waals surface area (Å²) in [5.74, 6) is 0.0261. The van der Waals surface area contributed by atoms with Gasteiger partial charge in [-0.2, -0.15) is 0 Å². The van der Waals surface area contributed by atoms with Crippen molar-refractivity contribution >= 4 is 37.9 Å². The molecule has 5 nitrogen and oxygen atoms in total. The van der Waals surface area contributed by atoms with E-state index in [9.17, 15) is 4.79 Å². The van der Waals surface area contributed by atoms with Gasteiger partial charge in [0.2, 0.25) is 5.91 Å². The van der Waals surface area contributed by atoms with Crippen LogP contribution in [0.4, 0.5) is 5.69 Å². The zero-order valence-corrected chi connectivity index (χ0v) is 16.4. The van der Waals surface area contributed by atoms with Crippen molar-refractivity contribution in [3.8, 4) is 0 Å². The van der Waals surface area contributed by atoms with Crippen LogP contribution >= 0.6 is 15.9 Å². The van der Waals surface area contributed by atoms with E-state index in [1.165, 1.54) is 0 Å². The Morgan fingerprint density at radius 2 is 1.89 bits per heavy atom. The summed E-state index contributed by atoms with van der Waals surface area (Å²) in [6, 6.07) is 18.0. The Morgan fingerprint density at radius 1 is 1.11 bits per heavy atom. The molecule has 6 heteroatoms. The van der Waals surface area contributed by atoms with Gasteiger partial charge in [0.1, 0.15) is 17.3 Å². The van der Waals surface area contributed by atoms with E-state index in [0.717, 1.165) is 46.4 Å². The molecule has 2 aliphatic heterocycles. The Morgan fingerprint density at radius 3 is 2.67 bits per heavy atom. The molecule has 1 unspecified atom stereocenters. The molecule has 27 heavy (non-hydrogen) atoms. The average molecular weight is 426 g/mol. The second kappa shape index (κ2) is 8.05. The van der Waals surface area contributed by atoms with Crippen LogP contribution in [0.3, 0.4) is 0 Å². The van der Waals surface area contributed by atoms with Crippen molar-refractivity contribution in [3.05, 3.63) is 65.7 Å². The lowest BCUT2D eigenvalue weighted by Gasteiger charge is -2.23. The number of halogens is 1. The molecule has 2 aromatic rings. The first-order valence-corrected chi connectivity index (χ1v) is 9.89. The van der Waals surface area contributed by atoms with E-state index < -0.39 is 0 Å². The van der Waals surface area contributed by atoms with E-state index >= 15 is 0 Å². The number of aliphatic imine (C=N–C) groups is 1. The van der Waals surface area contributed by atoms with Gasteiger partial charge in [0, 0.05) is 24.1 Å². The Balaban J connectivity index is 1.55. The molecule has 0 saturated heterocycles. The highest BCUT2D eigenvalue weighted by Crippen LogP contribution is 2.27. The second-order valence-electron chi connectivity index (χ2n) is 6.63. The molecule has 2 aliphatic rings. The zero-order valence-electron chi connectivity index (χ0n) is 14.8. The number of nitrogens with zero attached hydrogens (tertiary/aromatic N) is 3. The molecule has 2 aromatic carbocycles. The fraction of sp³-hybridized carbons (Fsp3) is 0.286. The molecular weight excluding hydrogens is 406 g/mol. The summed E-state index contributed by atoms with van der Waals surface area (Å²) in [7, 11) is 0. The number of hydrogen-bond donors (Lipinski definition) is 0. The van der Waals surface area contributed by atoms with Crippen LogP contribution in [0.25, 0.3) is 0 Å². The fourth-order valence-electron chi connectivity index (χ4n) is 3.47. The topological polar surface area (TPSA) is 54.3 Å². The van der Waals surface area contributed by atoms with Gasteiger partial charge in [0.15, 0.2) is 0 Å². The standard InChI is InChI=1S/C21H20BrN3O2/c22-19-13-16(27-24-19)9-6-12-25-18-11-5-4-10-17(18)21(23-14-20(25)26)15-7-2-1-3-8-15/h1-5,7-8,10-11,16H,6,9,12-14H2. The first-order valence-electron chi connectivity index (χ1n) is 9.10. The third-order valence-corrected chi connectivity index (χ3v) is 5.24. The lowest BCUT2D eigenvalue weighted by atomic mass is 10.00. The first-order chi connectivity index (χ1) is 13.2. The molecule has 1 amide bonds. The molecule has 0 saturated carbocycles. The molecule has 0 bridgehead atoms. The molecule has 0 N–H and O–H groups in total. The number of amides is 1. The lowest BCUT2D eigenvalue weighted by molar-refractivity contribution is -0.117. The van der Waals surface area contributed by atoms with Crippen molar-refractivity contribution in [3.63, 3.8) is 0 Å². The van der Waals surface area contributed by atoms with Gasteiger partial charge < -0.3 is 9.74 Å². The number of hydrogen-bond acceptors (Lipinski definition) is 4. The lowest BCUT2D eigenvalue weighted by Crippen LogP contribution is -2.33. The number of carbonyl (C=O) groups excluding carboxylic acids is 1. The van der Waals surface area contributed by atoms with Crippen LogP contribution < -0.4 is 4.90 Å². The maximum absolute atomic E-state index is 12.8. The van der Waals surface area contributed by atoms with Gasteiger partial charge in [0.05, 0.1) is 11.4 Å². The minimum Gasteiger partial charge on any atom is -0.391 e. The summed E-state index contributed by atoms with van der Waals surface area (Å²) in [4.78, 5) is 24.7. The van der Waals surface area contributed by atoms with Gasteiger partial charge in [0.25, 0.3) is 0 Å². The van der Waals surface area contributed by atoms with E-state index in [4.69, 9.17) is 4.84 Å². The summed E-state index contributed by atoms with van der Waals surface area (Å²) < 4.78 is 0.851. The summed E-state index contributed by atoms with van der Waals surface area (Å²) in [5.41, 5.74) is 3.82. The number of para-hydroxylation sites is 1. The third-order valence-electron chi connectivity index (χ3n) is 4.78. The van der Waals surface area contributed by atoms with Crippen LogP contribution in [-0.4, -0.2) is 35.4 Å². The highest BCUT2D eigenvalue weighted by Gasteiger charge is 2.25. The minimum atomic E-state index is 0.0261. The summed E-state index contributed by atoms with van der Waals surface area (Å²) >= 11 is 3.36. The van der Waals surface area contributed by atoms with Gasteiger partial charge in [-0.15, -0.1) is 0 Å². The number of oxime groups is 1. The van der Waals surface area contributed by atoms with Gasteiger partial charge in [-0.25, -0.2) is 0 Å². The Hall–Kier alpha value is -2.47. The van der Waals surface area contributed by atoms with E-state index in [-0.39, 0.29) is 18.6 Å². The van der Waals surface area contributed by atoms with Gasteiger partial charge in [-0.1, -0.05) is 53.7 Å². The average Bonchev–Trinajstić information content (AvgIpc) is 3.05. The molecule has 0 aromatic heterocycles. The van der Waals surface area contributed by atoms with Crippen molar-refractivity contribution in [2.75, 3.05) is 18.0 Å². The molecular formula is C21H20BrN3O2. The maximum Gasteiger partial charge on any atom is 0.248 e. The molecule has 2 heterocycles. The molecule has 4 rings (SSSR count). The summed E-state index contributed by atoms with van der Waals surface area (Å²) in [6.07, 6.45) is 2.59. The smallest absolute Gasteiger partial charge is 0.248 e. The molecule has 138 valence electrons. The summed E-state index contributed by atoms with van der Waals surface area (Å²) in [5, 5.41) is 3.93. The molecule has 0 spiro atoms. The number of anilines is 1. The maximum atomic E-state index is 12.8. The minimum absolute atomic E-state index is 0.0261. The van der Waals surface area contributed by atoms with Crippen LogP contribution in [0.5, 0.6) is 0 Å². The van der Waals surface area contributed by atoms with E-state index in [0.29, 0.717) is 6.54 Å². The van der Waals surface area contributed by atoms with Gasteiger partial charge in [-0.05, 0) is 34.8 Å². The summed E-state index contributed by atoms with van der Waals surface area (Å²) in [6.45, 7) is 0.804. The third kappa shape index (κ3) is 3.95. The zero-order chi connectivity index (χ0) is 18.6. The Kier molecular flexibility index (Phi) is 5.34. The van der Waals surface area contributed by atoms with E-state index in [2.05, 4.69) is 26.1 Å². The van der Waals surface area contributed by atoms with Crippen LogP contribution in [0.1, 0.15) is 30.4 Å².